The monoisotopic (exact) mass is 335 g/mol. The van der Waals surface area contributed by atoms with Gasteiger partial charge in [0.05, 0.1) is 11.0 Å². The predicted molar refractivity (Wildman–Crippen MR) is 90.7 cm³/mol. The topological polar surface area (TPSA) is 95.7 Å². The number of non-ortho nitro benzene ring substituents is 1. The van der Waals surface area contributed by atoms with Gasteiger partial charge in [0, 0.05) is 31.8 Å². The molecule has 1 atom stereocenters. The largest absolute Gasteiger partial charge is 0.393 e. The maximum atomic E-state index is 12.4. The van der Waals surface area contributed by atoms with E-state index < -0.39 is 11.0 Å². The Kier molecular flexibility index (Phi) is 5.43. The maximum Gasteiger partial charge on any atom is 0.317 e. The number of rotatable bonds is 5. The number of hydrogen-bond acceptors (Lipinski definition) is 4. The fraction of sp³-hybridized carbons (Fsp3) is 0.588. The van der Waals surface area contributed by atoms with E-state index in [9.17, 15) is 20.0 Å². The van der Waals surface area contributed by atoms with Crippen LogP contribution in [0.25, 0.3) is 0 Å². The van der Waals surface area contributed by atoms with E-state index in [-0.39, 0.29) is 17.1 Å². The number of nitrogens with one attached hydrogen (secondary N) is 1. The number of aliphatic hydroxyl groups is 1. The Hall–Kier alpha value is -2.15. The Bertz CT molecular complexity index is 628. The number of nitro benzene ring substituents is 1. The summed E-state index contributed by atoms with van der Waals surface area (Å²) in [6.07, 6.45) is 0.874. The lowest BCUT2D eigenvalue weighted by Gasteiger charge is -2.31. The summed E-state index contributed by atoms with van der Waals surface area (Å²) in [5.74, 6) is 0. The van der Waals surface area contributed by atoms with Crippen LogP contribution >= 0.6 is 0 Å². The van der Waals surface area contributed by atoms with E-state index in [1.165, 1.54) is 6.07 Å². The van der Waals surface area contributed by atoms with Gasteiger partial charge in [0.15, 0.2) is 0 Å². The molecule has 132 valence electrons. The first-order chi connectivity index (χ1) is 11.2. The number of carbonyl (C=O) groups excluding carboxylic acids is 1. The van der Waals surface area contributed by atoms with Crippen LogP contribution < -0.4 is 5.32 Å². The van der Waals surface area contributed by atoms with E-state index in [2.05, 4.69) is 5.32 Å². The van der Waals surface area contributed by atoms with Crippen LogP contribution in [-0.2, 0) is 13.0 Å². The molecule has 2 N–H and O–H groups in total. The van der Waals surface area contributed by atoms with E-state index in [4.69, 9.17) is 0 Å². The highest BCUT2D eigenvalue weighted by Gasteiger charge is 2.25. The minimum Gasteiger partial charge on any atom is -0.393 e. The van der Waals surface area contributed by atoms with Crippen molar-refractivity contribution in [2.45, 2.75) is 46.3 Å². The van der Waals surface area contributed by atoms with Crippen molar-refractivity contribution in [1.29, 1.82) is 0 Å². The summed E-state index contributed by atoms with van der Waals surface area (Å²) in [6, 6.07) is 4.65. The van der Waals surface area contributed by atoms with E-state index >= 15 is 0 Å². The first-order valence-corrected chi connectivity index (χ1v) is 8.15. The van der Waals surface area contributed by atoms with Crippen molar-refractivity contribution in [2.24, 2.45) is 5.41 Å². The van der Waals surface area contributed by atoms with Crippen molar-refractivity contribution in [1.82, 2.24) is 10.2 Å². The molecule has 7 nitrogen and oxygen atoms in total. The third-order valence-corrected chi connectivity index (χ3v) is 4.27. The normalized spacial score (nSPS) is 15.6. The highest BCUT2D eigenvalue weighted by atomic mass is 16.6. The van der Waals surface area contributed by atoms with Crippen molar-refractivity contribution in [3.63, 3.8) is 0 Å². The second kappa shape index (κ2) is 7.17. The molecule has 0 aliphatic carbocycles. The summed E-state index contributed by atoms with van der Waals surface area (Å²) in [4.78, 5) is 24.5. The summed E-state index contributed by atoms with van der Waals surface area (Å²) < 4.78 is 0. The third kappa shape index (κ3) is 4.67. The summed E-state index contributed by atoms with van der Waals surface area (Å²) in [5, 5.41) is 23.3. The molecule has 0 fully saturated rings. The molecular formula is C17H25N3O4. The molecule has 0 aromatic heterocycles. The number of benzene rings is 1. The van der Waals surface area contributed by atoms with Gasteiger partial charge in [-0.1, -0.05) is 19.9 Å². The van der Waals surface area contributed by atoms with Gasteiger partial charge < -0.3 is 15.3 Å². The molecule has 7 heteroatoms. The predicted octanol–water partition coefficient (Wildman–Crippen LogP) is 2.46. The molecule has 1 unspecified atom stereocenters. The zero-order valence-corrected chi connectivity index (χ0v) is 14.4. The molecule has 1 aromatic rings. The number of hydrogen-bond donors (Lipinski definition) is 2. The molecule has 2 amide bonds. The van der Waals surface area contributed by atoms with E-state index in [0.29, 0.717) is 32.5 Å². The lowest BCUT2D eigenvalue weighted by Crippen LogP contribution is -2.45. The van der Waals surface area contributed by atoms with Gasteiger partial charge in [-0.05, 0) is 36.3 Å². The van der Waals surface area contributed by atoms with Crippen molar-refractivity contribution >= 4 is 11.7 Å². The second-order valence-corrected chi connectivity index (χ2v) is 7.26. The van der Waals surface area contributed by atoms with Gasteiger partial charge in [-0.25, -0.2) is 4.79 Å². The Morgan fingerprint density at radius 3 is 2.79 bits per heavy atom. The number of fused-ring (bicyclic) bond motifs is 1. The number of nitro groups is 1. The van der Waals surface area contributed by atoms with Gasteiger partial charge in [-0.15, -0.1) is 0 Å². The average molecular weight is 335 g/mol. The number of amides is 2. The summed E-state index contributed by atoms with van der Waals surface area (Å²) in [5.41, 5.74) is 1.73. The van der Waals surface area contributed by atoms with Gasteiger partial charge in [-0.2, -0.15) is 0 Å². The van der Waals surface area contributed by atoms with Gasteiger partial charge in [0.25, 0.3) is 5.69 Å². The van der Waals surface area contributed by atoms with Crippen LogP contribution in [0, 0.1) is 15.5 Å². The molecule has 0 saturated carbocycles. The zero-order valence-electron chi connectivity index (χ0n) is 14.4. The van der Waals surface area contributed by atoms with Gasteiger partial charge in [-0.3, -0.25) is 10.1 Å². The van der Waals surface area contributed by atoms with Crippen LogP contribution in [0.5, 0.6) is 0 Å². The third-order valence-electron chi connectivity index (χ3n) is 4.27. The average Bonchev–Trinajstić information content (AvgIpc) is 2.50. The van der Waals surface area contributed by atoms with E-state index in [1.54, 1.807) is 24.0 Å². The first kappa shape index (κ1) is 18.2. The number of urea groups is 1. The minimum atomic E-state index is -0.419. The fourth-order valence-electron chi connectivity index (χ4n) is 3.13. The van der Waals surface area contributed by atoms with Gasteiger partial charge in [0.2, 0.25) is 0 Å². The van der Waals surface area contributed by atoms with Crippen LogP contribution in [0.1, 0.15) is 38.3 Å². The first-order valence-electron chi connectivity index (χ1n) is 8.15. The lowest BCUT2D eigenvalue weighted by molar-refractivity contribution is -0.385. The van der Waals surface area contributed by atoms with Crippen LogP contribution in [0.3, 0.4) is 0 Å². The molecule has 0 spiro atoms. The van der Waals surface area contributed by atoms with Crippen LogP contribution in [0.2, 0.25) is 0 Å². The number of aliphatic hydroxyl groups excluding tert-OH is 1. The molecule has 0 saturated heterocycles. The molecule has 1 heterocycles. The van der Waals surface area contributed by atoms with E-state index in [0.717, 1.165) is 11.1 Å². The number of carbonyl (C=O) groups is 1. The Balaban J connectivity index is 1.98. The lowest BCUT2D eigenvalue weighted by atomic mass is 9.87. The van der Waals surface area contributed by atoms with Gasteiger partial charge in [0.1, 0.15) is 0 Å². The van der Waals surface area contributed by atoms with Crippen LogP contribution in [0.15, 0.2) is 18.2 Å². The number of nitrogens with zero attached hydrogens (tertiary/aromatic N) is 2. The SMILES string of the molecule is CC(O)CC(C)(C)CNC(=O)N1CCc2ccc([N+](=O)[O-])cc2C1. The zero-order chi connectivity index (χ0) is 17.9. The maximum absolute atomic E-state index is 12.4. The quantitative estimate of drug-likeness (QED) is 0.638. The van der Waals surface area contributed by atoms with Crippen molar-refractivity contribution < 1.29 is 14.8 Å². The highest BCUT2D eigenvalue weighted by molar-refractivity contribution is 5.74. The second-order valence-electron chi connectivity index (χ2n) is 7.26. The summed E-state index contributed by atoms with van der Waals surface area (Å²) in [6.45, 7) is 7.16. The smallest absolute Gasteiger partial charge is 0.317 e. The molecule has 0 bridgehead atoms. The minimum absolute atomic E-state index is 0.0501. The molecule has 1 aliphatic rings. The van der Waals surface area contributed by atoms with Crippen LogP contribution in [0.4, 0.5) is 10.5 Å². The molecule has 0 radical (unpaired) electrons. The van der Waals surface area contributed by atoms with Gasteiger partial charge >= 0.3 is 6.03 Å². The molecular weight excluding hydrogens is 310 g/mol. The molecule has 2 rings (SSSR count). The van der Waals surface area contributed by atoms with Crippen LogP contribution in [-0.4, -0.2) is 40.2 Å². The summed E-state index contributed by atoms with van der Waals surface area (Å²) >= 11 is 0. The molecule has 24 heavy (non-hydrogen) atoms. The van der Waals surface area contributed by atoms with Crippen molar-refractivity contribution in [2.75, 3.05) is 13.1 Å². The fourth-order valence-corrected chi connectivity index (χ4v) is 3.13. The Morgan fingerprint density at radius 1 is 1.46 bits per heavy atom. The van der Waals surface area contributed by atoms with Crippen molar-refractivity contribution in [3.05, 3.63) is 39.4 Å². The Labute approximate surface area is 141 Å². The van der Waals surface area contributed by atoms with Crippen molar-refractivity contribution in [3.8, 4) is 0 Å². The van der Waals surface area contributed by atoms with E-state index in [1.807, 2.05) is 13.8 Å². The molecule has 1 aliphatic heterocycles. The Morgan fingerprint density at radius 2 is 2.17 bits per heavy atom. The summed E-state index contributed by atoms with van der Waals surface area (Å²) in [7, 11) is 0. The molecule has 1 aromatic carbocycles. The standard InChI is InChI=1S/C17H25N3O4/c1-12(21)9-17(2,3)11-18-16(22)19-7-6-13-4-5-15(20(23)24)8-14(13)10-19/h4-5,8,12,21H,6-7,9-11H2,1-3H3,(H,18,22). The highest BCUT2D eigenvalue weighted by Crippen LogP contribution is 2.24.